The number of carbonyl (C=O) groups excluding carboxylic acids is 1. The number of likely N-dealkylation sites (N-methyl/N-ethyl adjacent to an activating group) is 1. The van der Waals surface area contributed by atoms with Crippen LogP contribution in [-0.2, 0) is 11.0 Å². The molecule has 0 unspecified atom stereocenters. The zero-order chi connectivity index (χ0) is 17.3. The molecule has 1 fully saturated rings. The monoisotopic (exact) mass is 339 g/mol. The normalized spacial score (nSPS) is 15.2. The van der Waals surface area contributed by atoms with Gasteiger partial charge in [-0.05, 0) is 18.2 Å². The Morgan fingerprint density at radius 1 is 1.38 bits per heavy atom. The highest BCUT2D eigenvalue weighted by molar-refractivity contribution is 5.92. The van der Waals surface area contributed by atoms with Gasteiger partial charge in [0.2, 0.25) is 5.91 Å². The van der Waals surface area contributed by atoms with Crippen molar-refractivity contribution in [3.05, 3.63) is 30.1 Å². The predicted octanol–water partition coefficient (Wildman–Crippen LogP) is 1.17. The minimum atomic E-state index is -4.45. The first-order valence-electron chi connectivity index (χ1n) is 7.38. The van der Waals surface area contributed by atoms with Crippen molar-refractivity contribution in [2.45, 2.75) is 12.2 Å². The second kappa shape index (κ2) is 6.23. The first-order valence-corrected chi connectivity index (χ1v) is 7.38. The van der Waals surface area contributed by atoms with Crippen LogP contribution in [0.25, 0.3) is 10.9 Å². The van der Waals surface area contributed by atoms with Crippen LogP contribution in [-0.4, -0.2) is 48.6 Å². The molecule has 0 radical (unpaired) electrons. The van der Waals surface area contributed by atoms with Crippen LogP contribution >= 0.6 is 0 Å². The van der Waals surface area contributed by atoms with Crippen LogP contribution in [0.3, 0.4) is 0 Å². The van der Waals surface area contributed by atoms with Gasteiger partial charge in [0.05, 0.1) is 23.7 Å². The molecule has 0 aliphatic carbocycles. The molecule has 1 aromatic carbocycles. The van der Waals surface area contributed by atoms with Gasteiger partial charge in [0.25, 0.3) is 0 Å². The number of fused-ring (bicyclic) bond motifs is 1. The van der Waals surface area contributed by atoms with Gasteiger partial charge in [-0.25, -0.2) is 9.97 Å². The van der Waals surface area contributed by atoms with Gasteiger partial charge < -0.3 is 15.5 Å². The fraction of sp³-hybridized carbons (Fsp3) is 0.400. The van der Waals surface area contributed by atoms with E-state index in [9.17, 15) is 18.0 Å². The standard InChI is InChI=1S/C15H16F3N5O/c1-23(7-13(24)22-10-5-19-6-10)14-11-4-9(15(16,17)18)2-3-12(11)20-8-21-14/h2-4,8,10,19H,5-7H2,1H3,(H,22,24). The zero-order valence-corrected chi connectivity index (χ0v) is 12.9. The van der Waals surface area contributed by atoms with E-state index in [-0.39, 0.29) is 29.7 Å². The molecular weight excluding hydrogens is 323 g/mol. The molecule has 1 aliphatic rings. The van der Waals surface area contributed by atoms with Crippen molar-refractivity contribution in [1.29, 1.82) is 0 Å². The predicted molar refractivity (Wildman–Crippen MR) is 82.6 cm³/mol. The highest BCUT2D eigenvalue weighted by Crippen LogP contribution is 2.33. The Morgan fingerprint density at radius 3 is 2.75 bits per heavy atom. The molecular formula is C15H16F3N5O. The lowest BCUT2D eigenvalue weighted by Gasteiger charge is -2.29. The SMILES string of the molecule is CN(CC(=O)NC1CNC1)c1ncnc2ccc(C(F)(F)F)cc12. The van der Waals surface area contributed by atoms with Crippen LogP contribution in [0.5, 0.6) is 0 Å². The number of carbonyl (C=O) groups is 1. The first-order chi connectivity index (χ1) is 11.3. The Kier molecular flexibility index (Phi) is 4.27. The van der Waals surface area contributed by atoms with E-state index in [0.29, 0.717) is 5.52 Å². The van der Waals surface area contributed by atoms with Gasteiger partial charge in [0.15, 0.2) is 0 Å². The maximum absolute atomic E-state index is 12.9. The van der Waals surface area contributed by atoms with Crippen LogP contribution in [0, 0.1) is 0 Å². The molecule has 1 aliphatic heterocycles. The number of amides is 1. The molecule has 2 aromatic rings. The number of rotatable bonds is 4. The number of anilines is 1. The second-order valence-corrected chi connectivity index (χ2v) is 5.71. The molecule has 24 heavy (non-hydrogen) atoms. The van der Waals surface area contributed by atoms with E-state index in [1.807, 2.05) is 0 Å². The number of hydrogen-bond acceptors (Lipinski definition) is 5. The van der Waals surface area contributed by atoms with E-state index in [4.69, 9.17) is 0 Å². The third kappa shape index (κ3) is 3.40. The third-order valence-corrected chi connectivity index (χ3v) is 3.83. The minimum absolute atomic E-state index is 0.00113. The maximum atomic E-state index is 12.9. The Bertz CT molecular complexity index is 760. The fourth-order valence-electron chi connectivity index (χ4n) is 2.48. The number of nitrogens with zero attached hydrogens (tertiary/aromatic N) is 3. The fourth-order valence-corrected chi connectivity index (χ4v) is 2.48. The number of alkyl halides is 3. The van der Waals surface area contributed by atoms with Crippen molar-refractivity contribution in [3.63, 3.8) is 0 Å². The van der Waals surface area contributed by atoms with Crippen molar-refractivity contribution >= 4 is 22.6 Å². The van der Waals surface area contributed by atoms with Crippen molar-refractivity contribution in [2.75, 3.05) is 31.6 Å². The number of aromatic nitrogens is 2. The Labute approximate surface area is 136 Å². The molecule has 3 rings (SSSR count). The second-order valence-electron chi connectivity index (χ2n) is 5.71. The quantitative estimate of drug-likeness (QED) is 0.875. The Morgan fingerprint density at radius 2 is 2.12 bits per heavy atom. The lowest BCUT2D eigenvalue weighted by atomic mass is 10.1. The largest absolute Gasteiger partial charge is 0.416 e. The summed E-state index contributed by atoms with van der Waals surface area (Å²) in [6.07, 6.45) is -3.18. The molecule has 9 heteroatoms. The van der Waals surface area contributed by atoms with Gasteiger partial charge in [-0.2, -0.15) is 13.2 Å². The summed E-state index contributed by atoms with van der Waals surface area (Å²) in [4.78, 5) is 21.5. The van der Waals surface area contributed by atoms with E-state index < -0.39 is 11.7 Å². The summed E-state index contributed by atoms with van der Waals surface area (Å²) in [6, 6.07) is 3.40. The number of benzene rings is 1. The minimum Gasteiger partial charge on any atom is -0.350 e. The van der Waals surface area contributed by atoms with Crippen LogP contribution in [0.1, 0.15) is 5.56 Å². The van der Waals surface area contributed by atoms with Crippen LogP contribution in [0.2, 0.25) is 0 Å². The van der Waals surface area contributed by atoms with Crippen molar-refractivity contribution < 1.29 is 18.0 Å². The summed E-state index contributed by atoms with van der Waals surface area (Å²) in [6.45, 7) is 1.44. The Balaban J connectivity index is 1.85. The van der Waals surface area contributed by atoms with E-state index in [2.05, 4.69) is 20.6 Å². The van der Waals surface area contributed by atoms with Crippen molar-refractivity contribution in [1.82, 2.24) is 20.6 Å². The number of halogens is 3. The molecule has 1 amide bonds. The van der Waals surface area contributed by atoms with Crippen LogP contribution in [0.15, 0.2) is 24.5 Å². The summed E-state index contributed by atoms with van der Waals surface area (Å²) >= 11 is 0. The van der Waals surface area contributed by atoms with Gasteiger partial charge >= 0.3 is 6.18 Å². The molecule has 1 saturated heterocycles. The molecule has 0 bridgehead atoms. The summed E-state index contributed by atoms with van der Waals surface area (Å²) < 4.78 is 38.8. The molecule has 2 N–H and O–H groups in total. The topological polar surface area (TPSA) is 70.2 Å². The van der Waals surface area contributed by atoms with Crippen molar-refractivity contribution in [2.24, 2.45) is 0 Å². The number of hydrogen-bond donors (Lipinski definition) is 2. The molecule has 0 saturated carbocycles. The van der Waals surface area contributed by atoms with E-state index in [1.54, 1.807) is 7.05 Å². The van der Waals surface area contributed by atoms with Gasteiger partial charge in [0.1, 0.15) is 12.1 Å². The lowest BCUT2D eigenvalue weighted by Crippen LogP contribution is -2.58. The molecule has 0 atom stereocenters. The van der Waals surface area contributed by atoms with Crippen molar-refractivity contribution in [3.8, 4) is 0 Å². The van der Waals surface area contributed by atoms with Gasteiger partial charge in [-0.15, -0.1) is 0 Å². The first kappa shape index (κ1) is 16.4. The molecule has 1 aromatic heterocycles. The van der Waals surface area contributed by atoms with E-state index in [0.717, 1.165) is 25.2 Å². The molecule has 6 nitrogen and oxygen atoms in total. The van der Waals surface area contributed by atoms with Crippen LogP contribution in [0.4, 0.5) is 19.0 Å². The smallest absolute Gasteiger partial charge is 0.350 e. The van der Waals surface area contributed by atoms with Gasteiger partial charge in [-0.1, -0.05) is 0 Å². The highest BCUT2D eigenvalue weighted by Gasteiger charge is 2.31. The summed E-state index contributed by atoms with van der Waals surface area (Å²) in [5.41, 5.74) is -0.382. The summed E-state index contributed by atoms with van der Waals surface area (Å²) in [5.74, 6) is 0.0794. The molecule has 128 valence electrons. The Hall–Kier alpha value is -2.42. The average Bonchev–Trinajstić information content (AvgIpc) is 2.49. The molecule has 2 heterocycles. The molecule has 0 spiro atoms. The summed E-state index contributed by atoms with van der Waals surface area (Å²) in [5, 5.41) is 6.13. The maximum Gasteiger partial charge on any atom is 0.416 e. The van der Waals surface area contributed by atoms with Gasteiger partial charge in [0, 0.05) is 25.5 Å². The van der Waals surface area contributed by atoms with E-state index >= 15 is 0 Å². The average molecular weight is 339 g/mol. The summed E-state index contributed by atoms with van der Waals surface area (Å²) in [7, 11) is 1.61. The zero-order valence-electron chi connectivity index (χ0n) is 12.9. The third-order valence-electron chi connectivity index (χ3n) is 3.83. The number of nitrogens with one attached hydrogen (secondary N) is 2. The highest BCUT2D eigenvalue weighted by atomic mass is 19.4. The lowest BCUT2D eigenvalue weighted by molar-refractivity contribution is -0.137. The van der Waals surface area contributed by atoms with Crippen LogP contribution < -0.4 is 15.5 Å². The van der Waals surface area contributed by atoms with Gasteiger partial charge in [-0.3, -0.25) is 4.79 Å². The van der Waals surface area contributed by atoms with E-state index in [1.165, 1.54) is 17.3 Å².